The molecule has 0 saturated carbocycles. The molecule has 19 heavy (non-hydrogen) atoms. The Morgan fingerprint density at radius 1 is 1.26 bits per heavy atom. The third-order valence-corrected chi connectivity index (χ3v) is 3.76. The summed E-state index contributed by atoms with van der Waals surface area (Å²) in [5, 5.41) is 11.4. The summed E-state index contributed by atoms with van der Waals surface area (Å²) in [6.45, 7) is 4.20. The van der Waals surface area contributed by atoms with Crippen LogP contribution in [0.1, 0.15) is 24.6 Å². The predicted molar refractivity (Wildman–Crippen MR) is 79.0 cm³/mol. The molecule has 0 amide bonds. The van der Waals surface area contributed by atoms with Crippen LogP contribution in [-0.4, -0.2) is 21.5 Å². The van der Waals surface area contributed by atoms with Crippen LogP contribution in [0.5, 0.6) is 0 Å². The first-order valence-electron chi connectivity index (χ1n) is 6.55. The van der Waals surface area contributed by atoms with Gasteiger partial charge >= 0.3 is 0 Å². The molecule has 0 bridgehead atoms. The highest BCUT2D eigenvalue weighted by Crippen LogP contribution is 2.21. The van der Waals surface area contributed by atoms with Crippen molar-refractivity contribution in [3.8, 4) is 0 Å². The maximum Gasteiger partial charge on any atom is 0.0929 e. The zero-order chi connectivity index (χ0) is 13.5. The smallest absolute Gasteiger partial charge is 0.0929 e. The van der Waals surface area contributed by atoms with Crippen LogP contribution in [0.2, 0.25) is 0 Å². The highest BCUT2D eigenvalue weighted by Gasteiger charge is 2.00. The van der Waals surface area contributed by atoms with Crippen LogP contribution in [0.4, 0.5) is 0 Å². The monoisotopic (exact) mass is 276 g/mol. The standard InChI is InChI=1S/C14H20N4S/c1-3-8-15-9-12-4-6-14(7-5-12)19-11-13-10-18(2)17-16-13/h4-7,10,15H,3,8-9,11H2,1-2H3. The van der Waals surface area contributed by atoms with Crippen LogP contribution in [0, 0.1) is 0 Å². The van der Waals surface area contributed by atoms with Crippen molar-refractivity contribution in [3.05, 3.63) is 41.7 Å². The van der Waals surface area contributed by atoms with Crippen LogP contribution < -0.4 is 5.32 Å². The van der Waals surface area contributed by atoms with Crippen molar-refractivity contribution in [2.75, 3.05) is 6.54 Å². The Morgan fingerprint density at radius 3 is 2.68 bits per heavy atom. The Morgan fingerprint density at radius 2 is 2.05 bits per heavy atom. The zero-order valence-corrected chi connectivity index (χ0v) is 12.3. The second-order valence-electron chi connectivity index (χ2n) is 4.49. The molecule has 1 aromatic carbocycles. The summed E-state index contributed by atoms with van der Waals surface area (Å²) in [6, 6.07) is 8.71. The first-order valence-corrected chi connectivity index (χ1v) is 7.54. The van der Waals surface area contributed by atoms with Gasteiger partial charge in [-0.1, -0.05) is 24.3 Å². The predicted octanol–water partition coefficient (Wildman–Crippen LogP) is 2.61. The number of thioether (sulfide) groups is 1. The second kappa shape index (κ2) is 7.31. The van der Waals surface area contributed by atoms with Crippen molar-refractivity contribution in [2.24, 2.45) is 7.05 Å². The van der Waals surface area contributed by atoms with Crippen LogP contribution >= 0.6 is 11.8 Å². The van der Waals surface area contributed by atoms with Crippen molar-refractivity contribution in [3.63, 3.8) is 0 Å². The second-order valence-corrected chi connectivity index (χ2v) is 5.54. The van der Waals surface area contributed by atoms with Crippen LogP contribution in [0.15, 0.2) is 35.4 Å². The lowest BCUT2D eigenvalue weighted by atomic mass is 10.2. The van der Waals surface area contributed by atoms with Crippen LogP contribution in [0.3, 0.4) is 0 Å². The van der Waals surface area contributed by atoms with E-state index in [0.717, 1.165) is 24.5 Å². The van der Waals surface area contributed by atoms with Gasteiger partial charge in [0.05, 0.1) is 5.69 Å². The molecule has 1 heterocycles. The molecule has 2 rings (SSSR count). The number of hydrogen-bond acceptors (Lipinski definition) is 4. The number of aromatic nitrogens is 3. The number of rotatable bonds is 7. The average Bonchev–Trinajstić information content (AvgIpc) is 2.84. The summed E-state index contributed by atoms with van der Waals surface area (Å²) >= 11 is 1.79. The molecule has 0 radical (unpaired) electrons. The summed E-state index contributed by atoms with van der Waals surface area (Å²) in [7, 11) is 1.89. The third kappa shape index (κ3) is 4.69. The molecule has 4 nitrogen and oxygen atoms in total. The van der Waals surface area contributed by atoms with E-state index in [-0.39, 0.29) is 0 Å². The van der Waals surface area contributed by atoms with Gasteiger partial charge in [-0.2, -0.15) is 0 Å². The van der Waals surface area contributed by atoms with Crippen molar-refractivity contribution < 1.29 is 0 Å². The molecule has 0 saturated heterocycles. The minimum absolute atomic E-state index is 0.862. The fraction of sp³-hybridized carbons (Fsp3) is 0.429. The lowest BCUT2D eigenvalue weighted by Gasteiger charge is -2.04. The molecule has 0 aliphatic carbocycles. The van der Waals surface area contributed by atoms with Gasteiger partial charge in [-0.15, -0.1) is 16.9 Å². The van der Waals surface area contributed by atoms with E-state index in [1.165, 1.54) is 16.9 Å². The van der Waals surface area contributed by atoms with E-state index < -0.39 is 0 Å². The van der Waals surface area contributed by atoms with Gasteiger partial charge in [0, 0.05) is 30.4 Å². The van der Waals surface area contributed by atoms with E-state index in [1.807, 2.05) is 13.2 Å². The quantitative estimate of drug-likeness (QED) is 0.623. The maximum absolute atomic E-state index is 4.08. The molecule has 0 aliphatic rings. The minimum atomic E-state index is 0.862. The summed E-state index contributed by atoms with van der Waals surface area (Å²) in [6.07, 6.45) is 3.13. The van der Waals surface area contributed by atoms with Gasteiger partial charge in [0.2, 0.25) is 0 Å². The molecule has 5 heteroatoms. The molecule has 0 unspecified atom stereocenters. The van der Waals surface area contributed by atoms with Gasteiger partial charge in [0.15, 0.2) is 0 Å². The number of aryl methyl sites for hydroxylation is 1. The molecule has 102 valence electrons. The molecule has 1 aromatic heterocycles. The first kappa shape index (κ1) is 14.1. The lowest BCUT2D eigenvalue weighted by Crippen LogP contribution is -2.13. The van der Waals surface area contributed by atoms with Crippen molar-refractivity contribution in [1.82, 2.24) is 20.3 Å². The van der Waals surface area contributed by atoms with E-state index >= 15 is 0 Å². The largest absolute Gasteiger partial charge is 0.313 e. The fourth-order valence-corrected chi connectivity index (χ4v) is 2.51. The number of nitrogens with zero attached hydrogens (tertiary/aromatic N) is 3. The van der Waals surface area contributed by atoms with Gasteiger partial charge in [-0.25, -0.2) is 0 Å². The number of hydrogen-bond donors (Lipinski definition) is 1. The fourth-order valence-electron chi connectivity index (χ4n) is 1.73. The molecule has 2 aromatic rings. The molecule has 0 atom stereocenters. The topological polar surface area (TPSA) is 42.7 Å². The Kier molecular flexibility index (Phi) is 5.42. The van der Waals surface area contributed by atoms with Crippen LogP contribution in [0.25, 0.3) is 0 Å². The summed E-state index contributed by atoms with van der Waals surface area (Å²) in [5.41, 5.74) is 2.35. The number of benzene rings is 1. The maximum atomic E-state index is 4.08. The average molecular weight is 276 g/mol. The number of nitrogens with one attached hydrogen (secondary N) is 1. The van der Waals surface area contributed by atoms with Gasteiger partial charge in [-0.3, -0.25) is 4.68 Å². The summed E-state index contributed by atoms with van der Waals surface area (Å²) in [5.74, 6) is 0.862. The van der Waals surface area contributed by atoms with Crippen molar-refractivity contribution in [1.29, 1.82) is 0 Å². The molecule has 0 aliphatic heterocycles. The summed E-state index contributed by atoms with van der Waals surface area (Å²) in [4.78, 5) is 1.27. The lowest BCUT2D eigenvalue weighted by molar-refractivity contribution is 0.675. The molecular formula is C14H20N4S. The van der Waals surface area contributed by atoms with Gasteiger partial charge in [0.1, 0.15) is 0 Å². The Hall–Kier alpha value is -1.33. The Balaban J connectivity index is 1.81. The molecule has 1 N–H and O–H groups in total. The molecule has 0 spiro atoms. The SMILES string of the molecule is CCCNCc1ccc(SCc2cn(C)nn2)cc1. The molecular weight excluding hydrogens is 256 g/mol. The highest BCUT2D eigenvalue weighted by atomic mass is 32.2. The third-order valence-electron chi connectivity index (χ3n) is 2.72. The Labute approximate surface area is 118 Å². The van der Waals surface area contributed by atoms with Crippen molar-refractivity contribution in [2.45, 2.75) is 30.5 Å². The highest BCUT2D eigenvalue weighted by molar-refractivity contribution is 7.98. The van der Waals surface area contributed by atoms with Gasteiger partial charge in [-0.05, 0) is 30.7 Å². The normalized spacial score (nSPS) is 10.8. The minimum Gasteiger partial charge on any atom is -0.313 e. The van der Waals surface area contributed by atoms with E-state index in [1.54, 1.807) is 16.4 Å². The van der Waals surface area contributed by atoms with E-state index in [4.69, 9.17) is 0 Å². The van der Waals surface area contributed by atoms with Crippen LogP contribution in [-0.2, 0) is 19.3 Å². The van der Waals surface area contributed by atoms with Gasteiger partial charge < -0.3 is 5.32 Å². The van der Waals surface area contributed by atoms with Crippen molar-refractivity contribution >= 4 is 11.8 Å². The Bertz CT molecular complexity index is 492. The zero-order valence-electron chi connectivity index (χ0n) is 11.5. The first-order chi connectivity index (χ1) is 9.28. The van der Waals surface area contributed by atoms with E-state index in [9.17, 15) is 0 Å². The van der Waals surface area contributed by atoms with Gasteiger partial charge in [0.25, 0.3) is 0 Å². The molecule has 0 fully saturated rings. The van der Waals surface area contributed by atoms with E-state index in [0.29, 0.717) is 0 Å². The summed E-state index contributed by atoms with van der Waals surface area (Å²) < 4.78 is 1.73. The van der Waals surface area contributed by atoms with E-state index in [2.05, 4.69) is 46.8 Å².